The SMILES string of the molecule is Cc1ccccc1CNC(=O)COC(=O)Cn1c(C)csc1=O. The zero-order valence-electron chi connectivity index (χ0n) is 13.0. The molecule has 23 heavy (non-hydrogen) atoms. The Morgan fingerprint density at radius 2 is 2.00 bits per heavy atom. The molecule has 7 heteroatoms. The number of nitrogens with zero attached hydrogens (tertiary/aromatic N) is 1. The van der Waals surface area contributed by atoms with E-state index < -0.39 is 5.97 Å². The third kappa shape index (κ3) is 4.79. The molecular weight excluding hydrogens is 316 g/mol. The number of aromatic nitrogens is 1. The molecule has 2 aromatic rings. The summed E-state index contributed by atoms with van der Waals surface area (Å²) in [4.78, 5) is 34.7. The third-order valence-corrected chi connectivity index (χ3v) is 4.25. The summed E-state index contributed by atoms with van der Waals surface area (Å²) in [5.74, 6) is -0.990. The summed E-state index contributed by atoms with van der Waals surface area (Å²) in [6.45, 7) is 3.54. The van der Waals surface area contributed by atoms with Crippen molar-refractivity contribution in [2.75, 3.05) is 6.61 Å². The molecule has 0 bridgehead atoms. The van der Waals surface area contributed by atoms with E-state index in [1.807, 2.05) is 31.2 Å². The van der Waals surface area contributed by atoms with E-state index in [9.17, 15) is 14.4 Å². The van der Waals surface area contributed by atoms with E-state index in [0.717, 1.165) is 22.5 Å². The monoisotopic (exact) mass is 334 g/mol. The molecule has 2 rings (SSSR count). The van der Waals surface area contributed by atoms with E-state index in [1.54, 1.807) is 12.3 Å². The second kappa shape index (κ2) is 7.73. The first-order chi connectivity index (χ1) is 11.0. The largest absolute Gasteiger partial charge is 0.454 e. The van der Waals surface area contributed by atoms with Crippen molar-refractivity contribution in [1.29, 1.82) is 0 Å². The highest BCUT2D eigenvalue weighted by Crippen LogP contribution is 2.06. The summed E-state index contributed by atoms with van der Waals surface area (Å²) >= 11 is 1.02. The Morgan fingerprint density at radius 1 is 1.26 bits per heavy atom. The van der Waals surface area contributed by atoms with E-state index in [1.165, 1.54) is 4.57 Å². The first kappa shape index (κ1) is 17.0. The molecule has 1 aromatic heterocycles. The van der Waals surface area contributed by atoms with E-state index in [4.69, 9.17) is 4.74 Å². The number of ether oxygens (including phenoxy) is 1. The normalized spacial score (nSPS) is 10.3. The van der Waals surface area contributed by atoms with Gasteiger partial charge in [0.05, 0.1) is 0 Å². The van der Waals surface area contributed by atoms with Crippen molar-refractivity contribution < 1.29 is 14.3 Å². The highest BCUT2D eigenvalue weighted by molar-refractivity contribution is 7.07. The zero-order valence-corrected chi connectivity index (χ0v) is 13.8. The molecule has 0 radical (unpaired) electrons. The maximum absolute atomic E-state index is 11.7. The summed E-state index contributed by atoms with van der Waals surface area (Å²) in [6, 6.07) is 7.71. The molecule has 0 fully saturated rings. The maximum Gasteiger partial charge on any atom is 0.326 e. The molecule has 1 aromatic carbocycles. The molecule has 0 aliphatic rings. The van der Waals surface area contributed by atoms with Crippen molar-refractivity contribution in [2.45, 2.75) is 26.9 Å². The van der Waals surface area contributed by atoms with E-state index in [-0.39, 0.29) is 23.9 Å². The van der Waals surface area contributed by atoms with Crippen LogP contribution in [-0.4, -0.2) is 23.1 Å². The average molecular weight is 334 g/mol. The van der Waals surface area contributed by atoms with Gasteiger partial charge in [0.2, 0.25) is 0 Å². The van der Waals surface area contributed by atoms with E-state index in [2.05, 4.69) is 5.32 Å². The molecule has 122 valence electrons. The van der Waals surface area contributed by atoms with Crippen LogP contribution in [-0.2, 0) is 27.4 Å². The average Bonchev–Trinajstić information content (AvgIpc) is 2.84. The number of hydrogen-bond donors (Lipinski definition) is 1. The van der Waals surface area contributed by atoms with Gasteiger partial charge in [-0.05, 0) is 25.0 Å². The number of benzene rings is 1. The van der Waals surface area contributed by atoms with Gasteiger partial charge in [-0.25, -0.2) is 0 Å². The molecule has 1 N–H and O–H groups in total. The first-order valence-electron chi connectivity index (χ1n) is 7.09. The predicted molar refractivity (Wildman–Crippen MR) is 87.3 cm³/mol. The van der Waals surface area contributed by atoms with Crippen molar-refractivity contribution >= 4 is 23.2 Å². The molecule has 0 saturated heterocycles. The number of carbonyl (C=O) groups is 2. The van der Waals surface area contributed by atoms with Crippen LogP contribution in [0.5, 0.6) is 0 Å². The summed E-state index contributed by atoms with van der Waals surface area (Å²) in [6.07, 6.45) is 0. The van der Waals surface area contributed by atoms with Crippen molar-refractivity contribution in [2.24, 2.45) is 0 Å². The lowest BCUT2D eigenvalue weighted by molar-refractivity contribution is -0.149. The van der Waals surface area contributed by atoms with Gasteiger partial charge in [-0.3, -0.25) is 19.0 Å². The number of aryl methyl sites for hydroxylation is 2. The topological polar surface area (TPSA) is 77.4 Å². The summed E-state index contributed by atoms with van der Waals surface area (Å²) in [5, 5.41) is 4.37. The lowest BCUT2D eigenvalue weighted by Crippen LogP contribution is -2.30. The smallest absolute Gasteiger partial charge is 0.326 e. The van der Waals surface area contributed by atoms with Crippen molar-refractivity contribution in [1.82, 2.24) is 9.88 Å². The Bertz CT molecular complexity index is 763. The Hall–Kier alpha value is -2.41. The van der Waals surface area contributed by atoms with Crippen LogP contribution in [0.3, 0.4) is 0 Å². The molecule has 6 nitrogen and oxygen atoms in total. The summed E-state index contributed by atoms with van der Waals surface area (Å²) < 4.78 is 6.22. The fourth-order valence-electron chi connectivity index (χ4n) is 1.97. The van der Waals surface area contributed by atoms with Crippen LogP contribution in [0, 0.1) is 13.8 Å². The van der Waals surface area contributed by atoms with Crippen LogP contribution in [0.15, 0.2) is 34.4 Å². The Morgan fingerprint density at radius 3 is 2.65 bits per heavy atom. The summed E-state index contributed by atoms with van der Waals surface area (Å²) in [7, 11) is 0. The third-order valence-electron chi connectivity index (χ3n) is 3.37. The van der Waals surface area contributed by atoms with Gasteiger partial charge in [-0.2, -0.15) is 0 Å². The second-order valence-electron chi connectivity index (χ2n) is 5.09. The van der Waals surface area contributed by atoms with Crippen LogP contribution >= 0.6 is 11.3 Å². The van der Waals surface area contributed by atoms with Gasteiger partial charge in [0, 0.05) is 17.6 Å². The number of esters is 1. The van der Waals surface area contributed by atoms with Crippen LogP contribution in [0.2, 0.25) is 0 Å². The van der Waals surface area contributed by atoms with Gasteiger partial charge in [0.15, 0.2) is 6.61 Å². The number of hydrogen-bond acceptors (Lipinski definition) is 5. The standard InChI is InChI=1S/C16H18N2O4S/c1-11-5-3-4-6-13(11)7-17-14(19)9-22-15(20)8-18-12(2)10-23-16(18)21/h3-6,10H,7-9H2,1-2H3,(H,17,19). The lowest BCUT2D eigenvalue weighted by Gasteiger charge is -2.09. The van der Waals surface area contributed by atoms with Crippen molar-refractivity contribution in [3.05, 3.63) is 56.1 Å². The fourth-order valence-corrected chi connectivity index (χ4v) is 2.70. The van der Waals surface area contributed by atoms with Gasteiger partial charge >= 0.3 is 10.8 Å². The number of carbonyl (C=O) groups excluding carboxylic acids is 2. The number of amides is 1. The molecule has 0 aliphatic carbocycles. The quantitative estimate of drug-likeness (QED) is 0.810. The fraction of sp³-hybridized carbons (Fsp3) is 0.312. The minimum Gasteiger partial charge on any atom is -0.454 e. The molecular formula is C16H18N2O4S. The number of rotatable bonds is 6. The molecule has 0 unspecified atom stereocenters. The molecule has 0 aliphatic heterocycles. The van der Waals surface area contributed by atoms with Crippen LogP contribution in [0.25, 0.3) is 0 Å². The predicted octanol–water partition coefficient (Wildman–Crippen LogP) is 1.39. The van der Waals surface area contributed by atoms with Gasteiger partial charge in [-0.1, -0.05) is 35.6 Å². The molecule has 1 heterocycles. The summed E-state index contributed by atoms with van der Waals surface area (Å²) in [5.41, 5.74) is 2.78. The molecule has 0 atom stereocenters. The molecule has 0 spiro atoms. The first-order valence-corrected chi connectivity index (χ1v) is 7.97. The number of thiazole rings is 1. The van der Waals surface area contributed by atoms with E-state index in [0.29, 0.717) is 12.2 Å². The van der Waals surface area contributed by atoms with Crippen LogP contribution in [0.1, 0.15) is 16.8 Å². The lowest BCUT2D eigenvalue weighted by atomic mass is 10.1. The minimum absolute atomic E-state index is 0.181. The maximum atomic E-state index is 11.7. The Balaban J connectivity index is 1.77. The van der Waals surface area contributed by atoms with Crippen LogP contribution < -0.4 is 10.2 Å². The van der Waals surface area contributed by atoms with E-state index >= 15 is 0 Å². The van der Waals surface area contributed by atoms with Gasteiger partial charge in [0.1, 0.15) is 6.54 Å². The highest BCUT2D eigenvalue weighted by Gasteiger charge is 2.11. The zero-order chi connectivity index (χ0) is 16.8. The molecule has 1 amide bonds. The Labute approximate surface area is 137 Å². The van der Waals surface area contributed by atoms with Crippen molar-refractivity contribution in [3.63, 3.8) is 0 Å². The van der Waals surface area contributed by atoms with Gasteiger partial charge < -0.3 is 10.1 Å². The van der Waals surface area contributed by atoms with Gasteiger partial charge in [0.25, 0.3) is 5.91 Å². The second-order valence-corrected chi connectivity index (χ2v) is 5.91. The van der Waals surface area contributed by atoms with Crippen molar-refractivity contribution in [3.8, 4) is 0 Å². The Kier molecular flexibility index (Phi) is 5.70. The highest BCUT2D eigenvalue weighted by atomic mass is 32.1. The number of nitrogens with one attached hydrogen (secondary N) is 1. The molecule has 0 saturated carbocycles. The van der Waals surface area contributed by atoms with Crippen LogP contribution in [0.4, 0.5) is 0 Å². The van der Waals surface area contributed by atoms with Gasteiger partial charge in [-0.15, -0.1) is 0 Å². The minimum atomic E-state index is -0.611.